The lowest BCUT2D eigenvalue weighted by atomic mass is 9.80. The lowest BCUT2D eigenvalue weighted by Gasteiger charge is -2.27. The number of carbonyl (C=O) groups is 1. The highest BCUT2D eigenvalue weighted by Gasteiger charge is 2.34. The van der Waals surface area contributed by atoms with E-state index < -0.39 is 0 Å². The highest BCUT2D eigenvalue weighted by atomic mass is 79.9. The zero-order chi connectivity index (χ0) is 14.2. The Labute approximate surface area is 129 Å². The van der Waals surface area contributed by atoms with Crippen LogP contribution in [0.3, 0.4) is 0 Å². The normalized spacial score (nSPS) is 19.8. The molecule has 0 aromatic heterocycles. The van der Waals surface area contributed by atoms with Crippen molar-refractivity contribution >= 4 is 34.5 Å². The summed E-state index contributed by atoms with van der Waals surface area (Å²) in [6.07, 6.45) is 1.09. The number of rotatable bonds is 1. The molecule has 0 aliphatic carbocycles. The van der Waals surface area contributed by atoms with Gasteiger partial charge in [0.2, 0.25) is 0 Å². The molecule has 1 aliphatic rings. The first-order valence-corrected chi connectivity index (χ1v) is 7.81. The van der Waals surface area contributed by atoms with Gasteiger partial charge in [-0.2, -0.15) is 0 Å². The summed E-state index contributed by atoms with van der Waals surface area (Å²) >= 11 is 7.79. The van der Waals surface area contributed by atoms with Gasteiger partial charge >= 0.3 is 0 Å². The molecule has 1 fully saturated rings. The smallest absolute Gasteiger partial charge is 0.254 e. The molecule has 0 saturated carbocycles. The van der Waals surface area contributed by atoms with E-state index in [1.54, 1.807) is 0 Å². The van der Waals surface area contributed by atoms with Crippen molar-refractivity contribution < 1.29 is 4.79 Å². The van der Waals surface area contributed by atoms with Gasteiger partial charge in [-0.05, 0) is 36.0 Å². The van der Waals surface area contributed by atoms with Gasteiger partial charge in [-0.3, -0.25) is 4.79 Å². The Morgan fingerprint density at radius 1 is 1.42 bits per heavy atom. The van der Waals surface area contributed by atoms with Crippen LogP contribution in [0.25, 0.3) is 0 Å². The molecule has 2 nitrogen and oxygen atoms in total. The van der Waals surface area contributed by atoms with Crippen molar-refractivity contribution in [3.63, 3.8) is 0 Å². The molecule has 1 atom stereocenters. The summed E-state index contributed by atoms with van der Waals surface area (Å²) in [4.78, 5) is 15.2. The topological polar surface area (TPSA) is 20.3 Å². The molecule has 0 N–H and O–H groups in total. The molecule has 1 aliphatic heterocycles. The number of hydrogen-bond acceptors (Lipinski definition) is 2. The Morgan fingerprint density at radius 2 is 2.11 bits per heavy atom. The SMILES string of the molecule is CC(C)(C)C1CCN(C(=O)c2ccc(Br)cc2S)C1. The van der Waals surface area contributed by atoms with Gasteiger partial charge in [0, 0.05) is 22.5 Å². The van der Waals surface area contributed by atoms with Gasteiger partial charge < -0.3 is 4.90 Å². The average molecular weight is 342 g/mol. The van der Waals surface area contributed by atoms with Crippen LogP contribution < -0.4 is 0 Å². The van der Waals surface area contributed by atoms with E-state index in [0.29, 0.717) is 11.5 Å². The fourth-order valence-corrected chi connectivity index (χ4v) is 3.35. The van der Waals surface area contributed by atoms with E-state index in [0.717, 1.165) is 28.9 Å². The predicted molar refractivity (Wildman–Crippen MR) is 84.9 cm³/mol. The maximum absolute atomic E-state index is 12.5. The lowest BCUT2D eigenvalue weighted by molar-refractivity contribution is 0.0773. The van der Waals surface area contributed by atoms with Crippen molar-refractivity contribution in [2.24, 2.45) is 11.3 Å². The predicted octanol–water partition coefficient (Wildman–Crippen LogP) is 4.25. The third kappa shape index (κ3) is 3.34. The molecular formula is C15H20BrNOS. The van der Waals surface area contributed by atoms with E-state index in [1.165, 1.54) is 0 Å². The minimum absolute atomic E-state index is 0.101. The largest absolute Gasteiger partial charge is 0.338 e. The van der Waals surface area contributed by atoms with Crippen molar-refractivity contribution in [1.29, 1.82) is 0 Å². The van der Waals surface area contributed by atoms with Crippen LogP contribution >= 0.6 is 28.6 Å². The van der Waals surface area contributed by atoms with Gasteiger partial charge in [-0.1, -0.05) is 36.7 Å². The first-order valence-electron chi connectivity index (χ1n) is 6.57. The van der Waals surface area contributed by atoms with Gasteiger partial charge in [-0.25, -0.2) is 0 Å². The standard InChI is InChI=1S/C15H20BrNOS/c1-15(2,3)10-6-7-17(9-10)14(18)12-5-4-11(16)8-13(12)19/h4-5,8,10,19H,6-7,9H2,1-3H3. The molecular weight excluding hydrogens is 322 g/mol. The van der Waals surface area contributed by atoms with Gasteiger partial charge in [-0.15, -0.1) is 12.6 Å². The molecule has 0 radical (unpaired) electrons. The summed E-state index contributed by atoms with van der Waals surface area (Å²) in [7, 11) is 0. The number of benzene rings is 1. The van der Waals surface area contributed by atoms with Crippen molar-refractivity contribution in [3.05, 3.63) is 28.2 Å². The zero-order valence-corrected chi connectivity index (χ0v) is 14.1. The number of nitrogens with zero attached hydrogens (tertiary/aromatic N) is 1. The number of halogens is 1. The van der Waals surface area contributed by atoms with E-state index in [2.05, 4.69) is 49.3 Å². The van der Waals surface area contributed by atoms with Crippen molar-refractivity contribution in [3.8, 4) is 0 Å². The van der Waals surface area contributed by atoms with Crippen molar-refractivity contribution in [2.45, 2.75) is 32.1 Å². The first kappa shape index (κ1) is 14.9. The summed E-state index contributed by atoms with van der Waals surface area (Å²) in [6, 6.07) is 5.61. The number of hydrogen-bond donors (Lipinski definition) is 1. The number of thiol groups is 1. The van der Waals surface area contributed by atoms with E-state index in [4.69, 9.17) is 0 Å². The Morgan fingerprint density at radius 3 is 2.63 bits per heavy atom. The van der Waals surface area contributed by atoms with Crippen LogP contribution in [0.2, 0.25) is 0 Å². The molecule has 1 heterocycles. The third-order valence-corrected chi connectivity index (χ3v) is 4.75. The molecule has 0 bridgehead atoms. The molecule has 19 heavy (non-hydrogen) atoms. The molecule has 2 rings (SSSR count). The Balaban J connectivity index is 2.14. The van der Waals surface area contributed by atoms with E-state index >= 15 is 0 Å². The van der Waals surface area contributed by atoms with Crippen LogP contribution in [0.5, 0.6) is 0 Å². The molecule has 1 saturated heterocycles. The molecule has 1 aromatic carbocycles. The zero-order valence-electron chi connectivity index (χ0n) is 11.6. The van der Waals surface area contributed by atoms with Crippen molar-refractivity contribution in [2.75, 3.05) is 13.1 Å². The van der Waals surface area contributed by atoms with E-state index in [9.17, 15) is 4.79 Å². The number of carbonyl (C=O) groups excluding carboxylic acids is 1. The quantitative estimate of drug-likeness (QED) is 0.757. The van der Waals surface area contributed by atoms with Gasteiger partial charge in [0.05, 0.1) is 5.56 Å². The Kier molecular flexibility index (Phi) is 4.31. The molecule has 0 spiro atoms. The monoisotopic (exact) mass is 341 g/mol. The maximum atomic E-state index is 12.5. The van der Waals surface area contributed by atoms with Gasteiger partial charge in [0.25, 0.3) is 5.91 Å². The number of likely N-dealkylation sites (tertiary alicyclic amines) is 1. The summed E-state index contributed by atoms with van der Waals surface area (Å²) in [6.45, 7) is 8.44. The maximum Gasteiger partial charge on any atom is 0.254 e. The van der Waals surface area contributed by atoms with Crippen LogP contribution in [0.1, 0.15) is 37.6 Å². The van der Waals surface area contributed by atoms with Crippen LogP contribution in [0, 0.1) is 11.3 Å². The second-order valence-electron chi connectivity index (χ2n) is 6.26. The minimum Gasteiger partial charge on any atom is -0.338 e. The van der Waals surface area contributed by atoms with Crippen LogP contribution in [-0.2, 0) is 0 Å². The molecule has 1 aromatic rings. The lowest BCUT2D eigenvalue weighted by Crippen LogP contribution is -2.31. The highest BCUT2D eigenvalue weighted by Crippen LogP contribution is 2.34. The van der Waals surface area contributed by atoms with Gasteiger partial charge in [0.1, 0.15) is 0 Å². The highest BCUT2D eigenvalue weighted by molar-refractivity contribution is 9.10. The minimum atomic E-state index is 0.101. The summed E-state index contributed by atoms with van der Waals surface area (Å²) < 4.78 is 0.947. The summed E-state index contributed by atoms with van der Waals surface area (Å²) in [5.74, 6) is 0.680. The fourth-order valence-electron chi connectivity index (χ4n) is 2.51. The second-order valence-corrected chi connectivity index (χ2v) is 7.66. The number of amides is 1. The third-order valence-electron chi connectivity index (χ3n) is 3.89. The Hall–Kier alpha value is -0.480. The van der Waals surface area contributed by atoms with E-state index in [1.807, 2.05) is 23.1 Å². The molecule has 4 heteroatoms. The molecule has 1 unspecified atom stereocenters. The summed E-state index contributed by atoms with van der Waals surface area (Å²) in [5.41, 5.74) is 0.958. The van der Waals surface area contributed by atoms with Crippen LogP contribution in [0.15, 0.2) is 27.6 Å². The van der Waals surface area contributed by atoms with Crippen molar-refractivity contribution in [1.82, 2.24) is 4.90 Å². The van der Waals surface area contributed by atoms with E-state index in [-0.39, 0.29) is 11.3 Å². The van der Waals surface area contributed by atoms with Crippen LogP contribution in [0.4, 0.5) is 0 Å². The van der Waals surface area contributed by atoms with Gasteiger partial charge in [0.15, 0.2) is 0 Å². The molecule has 104 valence electrons. The average Bonchev–Trinajstić information content (AvgIpc) is 2.76. The fraction of sp³-hybridized carbons (Fsp3) is 0.533. The Bertz CT molecular complexity index is 495. The summed E-state index contributed by atoms with van der Waals surface area (Å²) in [5, 5.41) is 0. The molecule has 1 amide bonds. The first-order chi connectivity index (χ1) is 8.79. The van der Waals surface area contributed by atoms with Crippen LogP contribution in [-0.4, -0.2) is 23.9 Å². The second kappa shape index (κ2) is 5.49.